The van der Waals surface area contributed by atoms with E-state index in [4.69, 9.17) is 4.74 Å². The Morgan fingerprint density at radius 2 is 1.63 bits per heavy atom. The Kier molecular flexibility index (Phi) is 5.95. The lowest BCUT2D eigenvalue weighted by atomic mass is 10.1. The Morgan fingerprint density at radius 3 is 2.26 bits per heavy atom. The molecule has 0 bridgehead atoms. The Labute approximate surface area is 158 Å². The third-order valence-corrected chi connectivity index (χ3v) is 5.70. The molecule has 6 nitrogen and oxygen atoms in total. The molecule has 1 aliphatic heterocycles. The summed E-state index contributed by atoms with van der Waals surface area (Å²) in [6.07, 6.45) is 3.17. The van der Waals surface area contributed by atoms with Gasteiger partial charge >= 0.3 is 0 Å². The van der Waals surface area contributed by atoms with Gasteiger partial charge in [0.15, 0.2) is 6.61 Å². The molecular weight excluding hydrogens is 371 g/mol. The second-order valence-corrected chi connectivity index (χ2v) is 8.00. The van der Waals surface area contributed by atoms with E-state index in [9.17, 15) is 17.6 Å². The smallest absolute Gasteiger partial charge is 0.261 e. The lowest BCUT2D eigenvalue weighted by Gasteiger charge is -2.26. The number of amides is 1. The summed E-state index contributed by atoms with van der Waals surface area (Å²) >= 11 is 0. The third-order valence-electron chi connectivity index (χ3n) is 4.30. The zero-order valence-corrected chi connectivity index (χ0v) is 15.5. The highest BCUT2D eigenvalue weighted by molar-refractivity contribution is 7.92. The number of carbonyl (C=O) groups excluding carboxylic acids is 1. The number of likely N-dealkylation sites (tertiary alicyclic amines) is 1. The van der Waals surface area contributed by atoms with Crippen molar-refractivity contribution in [3.8, 4) is 5.75 Å². The van der Waals surface area contributed by atoms with E-state index in [1.165, 1.54) is 48.5 Å². The van der Waals surface area contributed by atoms with Gasteiger partial charge in [-0.2, -0.15) is 0 Å². The van der Waals surface area contributed by atoms with Crippen LogP contribution in [0.2, 0.25) is 0 Å². The minimum Gasteiger partial charge on any atom is -0.484 e. The number of hydrogen-bond acceptors (Lipinski definition) is 4. The largest absolute Gasteiger partial charge is 0.484 e. The second kappa shape index (κ2) is 8.39. The van der Waals surface area contributed by atoms with Gasteiger partial charge in [-0.1, -0.05) is 0 Å². The molecule has 1 heterocycles. The van der Waals surface area contributed by atoms with Gasteiger partial charge in [0.05, 0.1) is 4.90 Å². The highest BCUT2D eigenvalue weighted by Gasteiger charge is 2.17. The average molecular weight is 392 g/mol. The van der Waals surface area contributed by atoms with Gasteiger partial charge in [0.2, 0.25) is 0 Å². The molecule has 1 N–H and O–H groups in total. The number of nitrogens with one attached hydrogen (secondary N) is 1. The Hall–Kier alpha value is -2.61. The first-order valence-electron chi connectivity index (χ1n) is 8.73. The number of carbonyl (C=O) groups is 1. The van der Waals surface area contributed by atoms with Gasteiger partial charge in [-0.05, 0) is 67.8 Å². The van der Waals surface area contributed by atoms with Crippen LogP contribution >= 0.6 is 0 Å². The second-order valence-electron chi connectivity index (χ2n) is 6.31. The molecule has 1 fully saturated rings. The fourth-order valence-electron chi connectivity index (χ4n) is 2.83. The Bertz CT molecular complexity index is 877. The van der Waals surface area contributed by atoms with Crippen molar-refractivity contribution in [1.82, 2.24) is 4.90 Å². The molecule has 1 saturated heterocycles. The summed E-state index contributed by atoms with van der Waals surface area (Å²) in [5, 5.41) is 0. The summed E-state index contributed by atoms with van der Waals surface area (Å²) in [6.45, 7) is 1.45. The number of anilines is 1. The van der Waals surface area contributed by atoms with Crippen LogP contribution in [0, 0.1) is 5.82 Å². The minimum atomic E-state index is -3.79. The minimum absolute atomic E-state index is 0.0431. The van der Waals surface area contributed by atoms with Crippen molar-refractivity contribution in [2.24, 2.45) is 0 Å². The van der Waals surface area contributed by atoms with Crippen LogP contribution < -0.4 is 9.46 Å². The van der Waals surface area contributed by atoms with Gasteiger partial charge in [-0.25, -0.2) is 12.8 Å². The zero-order chi connectivity index (χ0) is 19.3. The van der Waals surface area contributed by atoms with Crippen LogP contribution in [0.4, 0.5) is 10.1 Å². The Morgan fingerprint density at radius 1 is 1.00 bits per heavy atom. The van der Waals surface area contributed by atoms with Crippen LogP contribution in [0.3, 0.4) is 0 Å². The van der Waals surface area contributed by atoms with Crippen LogP contribution in [-0.4, -0.2) is 38.9 Å². The number of hydrogen-bond donors (Lipinski definition) is 1. The molecule has 0 saturated carbocycles. The van der Waals surface area contributed by atoms with Crippen LogP contribution in [-0.2, 0) is 14.8 Å². The third kappa shape index (κ3) is 5.19. The maximum absolute atomic E-state index is 12.9. The molecule has 0 radical (unpaired) electrons. The molecule has 0 aliphatic carbocycles. The fraction of sp³-hybridized carbons (Fsp3) is 0.316. The summed E-state index contributed by atoms with van der Waals surface area (Å²) in [5.41, 5.74) is 0.267. The summed E-state index contributed by atoms with van der Waals surface area (Å²) in [4.78, 5) is 13.9. The number of piperidine rings is 1. The maximum atomic E-state index is 12.9. The molecule has 27 heavy (non-hydrogen) atoms. The van der Waals surface area contributed by atoms with Crippen LogP contribution in [0.1, 0.15) is 19.3 Å². The summed E-state index contributed by atoms with van der Waals surface area (Å²) in [5.74, 6) is -0.0935. The highest BCUT2D eigenvalue weighted by Crippen LogP contribution is 2.20. The highest BCUT2D eigenvalue weighted by atomic mass is 32.2. The lowest BCUT2D eigenvalue weighted by molar-refractivity contribution is -0.134. The summed E-state index contributed by atoms with van der Waals surface area (Å²) < 4.78 is 45.5. The van der Waals surface area contributed by atoms with Crippen molar-refractivity contribution in [2.75, 3.05) is 24.4 Å². The van der Waals surface area contributed by atoms with Gasteiger partial charge in [-0.3, -0.25) is 9.52 Å². The van der Waals surface area contributed by atoms with Gasteiger partial charge in [0.1, 0.15) is 11.6 Å². The monoisotopic (exact) mass is 392 g/mol. The SMILES string of the molecule is O=C(COc1ccc(S(=O)(=O)Nc2ccc(F)cc2)cc1)N1CCCCC1. The number of ether oxygens (including phenoxy) is 1. The molecule has 0 spiro atoms. The number of rotatable bonds is 6. The van der Waals surface area contributed by atoms with Gasteiger partial charge in [0, 0.05) is 18.8 Å². The van der Waals surface area contributed by atoms with Crippen molar-refractivity contribution < 1.29 is 22.3 Å². The zero-order valence-electron chi connectivity index (χ0n) is 14.7. The van der Waals surface area contributed by atoms with E-state index in [2.05, 4.69) is 4.72 Å². The average Bonchev–Trinajstić information content (AvgIpc) is 2.69. The van der Waals surface area contributed by atoms with Crippen molar-refractivity contribution in [2.45, 2.75) is 24.2 Å². The molecule has 1 amide bonds. The van der Waals surface area contributed by atoms with E-state index in [-0.39, 0.29) is 23.1 Å². The number of nitrogens with zero attached hydrogens (tertiary/aromatic N) is 1. The molecule has 8 heteroatoms. The predicted molar refractivity (Wildman–Crippen MR) is 99.6 cm³/mol. The first-order valence-corrected chi connectivity index (χ1v) is 10.2. The number of benzene rings is 2. The molecule has 1 aliphatic rings. The summed E-state index contributed by atoms with van der Waals surface area (Å²) in [6, 6.07) is 10.8. The van der Waals surface area contributed by atoms with E-state index in [1.807, 2.05) is 0 Å². The van der Waals surface area contributed by atoms with E-state index in [0.29, 0.717) is 5.75 Å². The van der Waals surface area contributed by atoms with Gasteiger partial charge < -0.3 is 9.64 Å². The fourth-order valence-corrected chi connectivity index (χ4v) is 3.89. The first-order chi connectivity index (χ1) is 12.9. The predicted octanol–water partition coefficient (Wildman–Crippen LogP) is 3.02. The molecular formula is C19H21FN2O4S. The maximum Gasteiger partial charge on any atom is 0.261 e. The molecule has 2 aromatic rings. The summed E-state index contributed by atoms with van der Waals surface area (Å²) in [7, 11) is -3.79. The molecule has 144 valence electrons. The normalized spacial score (nSPS) is 14.6. The Balaban J connectivity index is 1.58. The number of halogens is 1. The van der Waals surface area contributed by atoms with E-state index in [0.717, 1.165) is 32.4 Å². The van der Waals surface area contributed by atoms with E-state index in [1.54, 1.807) is 4.90 Å². The topological polar surface area (TPSA) is 75.7 Å². The lowest BCUT2D eigenvalue weighted by Crippen LogP contribution is -2.38. The number of sulfonamides is 1. The first kappa shape index (κ1) is 19.2. The molecule has 2 aromatic carbocycles. The van der Waals surface area contributed by atoms with E-state index >= 15 is 0 Å². The van der Waals surface area contributed by atoms with E-state index < -0.39 is 15.8 Å². The van der Waals surface area contributed by atoms with Crippen LogP contribution in [0.5, 0.6) is 5.75 Å². The van der Waals surface area contributed by atoms with Crippen molar-refractivity contribution in [3.63, 3.8) is 0 Å². The molecule has 3 rings (SSSR count). The molecule has 0 aromatic heterocycles. The van der Waals surface area contributed by atoms with Crippen LogP contribution in [0.25, 0.3) is 0 Å². The molecule has 0 atom stereocenters. The van der Waals surface area contributed by atoms with Crippen LogP contribution in [0.15, 0.2) is 53.4 Å². The quantitative estimate of drug-likeness (QED) is 0.820. The van der Waals surface area contributed by atoms with Gasteiger partial charge in [0.25, 0.3) is 15.9 Å². The van der Waals surface area contributed by atoms with Gasteiger partial charge in [-0.15, -0.1) is 0 Å². The molecule has 0 unspecified atom stereocenters. The van der Waals surface area contributed by atoms with Crippen molar-refractivity contribution in [1.29, 1.82) is 0 Å². The van der Waals surface area contributed by atoms with Crippen molar-refractivity contribution in [3.05, 3.63) is 54.3 Å². The standard InChI is InChI=1S/C19H21FN2O4S/c20-15-4-6-16(7-5-15)21-27(24,25)18-10-8-17(9-11-18)26-14-19(23)22-12-2-1-3-13-22/h4-11,21H,1-3,12-14H2. The van der Waals surface area contributed by atoms with Crippen molar-refractivity contribution >= 4 is 21.6 Å².